The van der Waals surface area contributed by atoms with E-state index in [1.807, 2.05) is 61.2 Å². The first-order chi connectivity index (χ1) is 13.5. The molecule has 28 heavy (non-hydrogen) atoms. The predicted octanol–water partition coefficient (Wildman–Crippen LogP) is 4.37. The van der Waals surface area contributed by atoms with Gasteiger partial charge in [-0.25, -0.2) is 4.98 Å². The zero-order valence-electron chi connectivity index (χ0n) is 15.9. The second-order valence-electron chi connectivity index (χ2n) is 6.90. The topological polar surface area (TPSA) is 45.7 Å². The van der Waals surface area contributed by atoms with E-state index in [-0.39, 0.29) is 5.91 Å². The quantitative estimate of drug-likeness (QED) is 0.634. The van der Waals surface area contributed by atoms with Crippen molar-refractivity contribution >= 4 is 44.2 Å². The molecule has 1 fully saturated rings. The number of amides is 1. The lowest BCUT2D eigenvalue weighted by atomic mass is 10.2. The van der Waals surface area contributed by atoms with E-state index in [9.17, 15) is 4.79 Å². The molecule has 4 rings (SSSR count). The zero-order chi connectivity index (χ0) is 19.7. The normalized spacial score (nSPS) is 15.7. The molecule has 1 aromatic heterocycles. The third-order valence-corrected chi connectivity index (χ3v) is 6.49. The van der Waals surface area contributed by atoms with Crippen molar-refractivity contribution < 1.29 is 9.53 Å². The smallest absolute Gasteiger partial charge is 0.263 e. The molecule has 5 nitrogen and oxygen atoms in total. The van der Waals surface area contributed by atoms with E-state index in [1.165, 1.54) is 0 Å². The molecule has 1 amide bonds. The molecule has 146 valence electrons. The number of carbonyl (C=O) groups is 1. The van der Waals surface area contributed by atoms with Gasteiger partial charge in [0.15, 0.2) is 11.2 Å². The molecule has 1 aliphatic heterocycles. The lowest BCUT2D eigenvalue weighted by molar-refractivity contribution is -0.138. The Balaban J connectivity index is 1.39. The van der Waals surface area contributed by atoms with Gasteiger partial charge in [-0.2, -0.15) is 0 Å². The van der Waals surface area contributed by atoms with E-state index in [0.717, 1.165) is 39.0 Å². The maximum absolute atomic E-state index is 12.7. The summed E-state index contributed by atoms with van der Waals surface area (Å²) in [6, 6.07) is 13.4. The van der Waals surface area contributed by atoms with Crippen molar-refractivity contribution in [1.29, 1.82) is 0 Å². The summed E-state index contributed by atoms with van der Waals surface area (Å²) in [6.07, 6.45) is -0.499. The molecular weight excluding hydrogens is 394 g/mol. The molecule has 1 aliphatic rings. The number of fused-ring (bicyclic) bond motifs is 1. The molecule has 1 saturated heterocycles. The van der Waals surface area contributed by atoms with Crippen LogP contribution in [0.15, 0.2) is 42.5 Å². The number of aromatic nitrogens is 1. The fourth-order valence-electron chi connectivity index (χ4n) is 3.35. The van der Waals surface area contributed by atoms with Crippen LogP contribution in [0.2, 0.25) is 5.02 Å². The van der Waals surface area contributed by atoms with Crippen molar-refractivity contribution in [2.45, 2.75) is 20.0 Å². The summed E-state index contributed by atoms with van der Waals surface area (Å²) in [5.74, 6) is 0.737. The molecule has 1 atom stereocenters. The second-order valence-corrected chi connectivity index (χ2v) is 8.32. The van der Waals surface area contributed by atoms with Gasteiger partial charge in [0.1, 0.15) is 5.75 Å². The van der Waals surface area contributed by atoms with Gasteiger partial charge in [0, 0.05) is 31.2 Å². The maximum atomic E-state index is 12.7. The molecule has 0 radical (unpaired) electrons. The predicted molar refractivity (Wildman–Crippen MR) is 115 cm³/mol. The van der Waals surface area contributed by atoms with Gasteiger partial charge in [-0.3, -0.25) is 4.79 Å². The molecule has 0 bridgehead atoms. The Morgan fingerprint density at radius 1 is 1.14 bits per heavy atom. The highest BCUT2D eigenvalue weighted by Crippen LogP contribution is 2.33. The van der Waals surface area contributed by atoms with Crippen molar-refractivity contribution in [3.63, 3.8) is 0 Å². The van der Waals surface area contributed by atoms with Gasteiger partial charge in [-0.05, 0) is 43.7 Å². The highest BCUT2D eigenvalue weighted by molar-refractivity contribution is 7.22. The van der Waals surface area contributed by atoms with Gasteiger partial charge in [0.2, 0.25) is 0 Å². The molecule has 0 N–H and O–H groups in total. The number of para-hydroxylation sites is 1. The Morgan fingerprint density at radius 2 is 1.86 bits per heavy atom. The van der Waals surface area contributed by atoms with Gasteiger partial charge >= 0.3 is 0 Å². The van der Waals surface area contributed by atoms with Crippen LogP contribution >= 0.6 is 22.9 Å². The van der Waals surface area contributed by atoms with Gasteiger partial charge < -0.3 is 14.5 Å². The summed E-state index contributed by atoms with van der Waals surface area (Å²) < 4.78 is 6.92. The lowest BCUT2D eigenvalue weighted by Crippen LogP contribution is -2.52. The SMILES string of the molecule is Cc1c(Cl)ccc2sc(N3CCN(C(=O)C(C)Oc4ccccc4)CC3)nc12. The summed E-state index contributed by atoms with van der Waals surface area (Å²) in [5.41, 5.74) is 1.98. The number of halogens is 1. The highest BCUT2D eigenvalue weighted by Gasteiger charge is 2.27. The highest BCUT2D eigenvalue weighted by atomic mass is 35.5. The van der Waals surface area contributed by atoms with Crippen LogP contribution < -0.4 is 9.64 Å². The Kier molecular flexibility index (Phi) is 5.42. The maximum Gasteiger partial charge on any atom is 0.263 e. The number of hydrogen-bond donors (Lipinski definition) is 0. The van der Waals surface area contributed by atoms with Gasteiger partial charge in [-0.1, -0.05) is 41.1 Å². The van der Waals surface area contributed by atoms with Gasteiger partial charge in [-0.15, -0.1) is 0 Å². The molecule has 1 unspecified atom stereocenters. The first-order valence-electron chi connectivity index (χ1n) is 9.34. The lowest BCUT2D eigenvalue weighted by Gasteiger charge is -2.35. The monoisotopic (exact) mass is 415 g/mol. The molecule has 3 aromatic rings. The van der Waals surface area contributed by atoms with Crippen LogP contribution in [0.4, 0.5) is 5.13 Å². The fourth-order valence-corrected chi connectivity index (χ4v) is 4.58. The minimum Gasteiger partial charge on any atom is -0.481 e. The van der Waals surface area contributed by atoms with E-state index < -0.39 is 6.10 Å². The Hall–Kier alpha value is -2.31. The largest absolute Gasteiger partial charge is 0.481 e. The number of aryl methyl sites for hydroxylation is 1. The fraction of sp³-hybridized carbons (Fsp3) is 0.333. The molecular formula is C21H22ClN3O2S. The van der Waals surface area contributed by atoms with Crippen LogP contribution in [0.25, 0.3) is 10.2 Å². The molecule has 2 heterocycles. The number of carbonyl (C=O) groups excluding carboxylic acids is 1. The van der Waals surface area contributed by atoms with E-state index >= 15 is 0 Å². The number of thiazole rings is 1. The third kappa shape index (κ3) is 3.80. The van der Waals surface area contributed by atoms with Crippen molar-refractivity contribution in [3.8, 4) is 5.75 Å². The first kappa shape index (κ1) is 19.0. The minimum atomic E-state index is -0.499. The number of nitrogens with zero attached hydrogens (tertiary/aromatic N) is 3. The number of hydrogen-bond acceptors (Lipinski definition) is 5. The molecule has 0 aliphatic carbocycles. The van der Waals surface area contributed by atoms with Crippen LogP contribution in [0.5, 0.6) is 5.75 Å². The second kappa shape index (κ2) is 7.97. The average molecular weight is 416 g/mol. The van der Waals surface area contributed by atoms with Crippen LogP contribution in [-0.2, 0) is 4.79 Å². The summed E-state index contributed by atoms with van der Waals surface area (Å²) in [4.78, 5) is 21.6. The summed E-state index contributed by atoms with van der Waals surface area (Å²) in [5, 5.41) is 1.73. The first-order valence-corrected chi connectivity index (χ1v) is 10.5. The van der Waals surface area contributed by atoms with Crippen molar-refractivity contribution in [3.05, 3.63) is 53.1 Å². The van der Waals surface area contributed by atoms with Gasteiger partial charge in [0.05, 0.1) is 10.2 Å². The number of piperazine rings is 1. The zero-order valence-corrected chi connectivity index (χ0v) is 17.5. The Labute approximate surface area is 173 Å². The van der Waals surface area contributed by atoms with Crippen LogP contribution in [-0.4, -0.2) is 48.1 Å². The molecule has 0 saturated carbocycles. The molecule has 7 heteroatoms. The van der Waals surface area contributed by atoms with Crippen molar-refractivity contribution in [1.82, 2.24) is 9.88 Å². The number of ether oxygens (including phenoxy) is 1. The summed E-state index contributed by atoms with van der Waals surface area (Å²) in [7, 11) is 0. The van der Waals surface area contributed by atoms with E-state index in [4.69, 9.17) is 21.3 Å². The summed E-state index contributed by atoms with van der Waals surface area (Å²) >= 11 is 7.89. The van der Waals surface area contributed by atoms with Gasteiger partial charge in [0.25, 0.3) is 5.91 Å². The number of rotatable bonds is 4. The molecule has 0 spiro atoms. The van der Waals surface area contributed by atoms with Crippen LogP contribution in [0, 0.1) is 6.92 Å². The van der Waals surface area contributed by atoms with Crippen molar-refractivity contribution in [2.75, 3.05) is 31.1 Å². The Bertz CT molecular complexity index is 984. The Morgan fingerprint density at radius 3 is 2.57 bits per heavy atom. The third-order valence-electron chi connectivity index (χ3n) is 5.00. The number of benzene rings is 2. The van der Waals surface area contributed by atoms with Crippen LogP contribution in [0.1, 0.15) is 12.5 Å². The van der Waals surface area contributed by atoms with Crippen molar-refractivity contribution in [2.24, 2.45) is 0 Å². The standard InChI is InChI=1S/C21H22ClN3O2S/c1-14-17(22)8-9-18-19(14)23-21(28-18)25-12-10-24(11-13-25)20(26)15(2)27-16-6-4-3-5-7-16/h3-9,15H,10-13H2,1-2H3. The van der Waals surface area contributed by atoms with Crippen LogP contribution in [0.3, 0.4) is 0 Å². The molecule has 2 aromatic carbocycles. The van der Waals surface area contributed by atoms with E-state index in [2.05, 4.69) is 4.90 Å². The van der Waals surface area contributed by atoms with E-state index in [0.29, 0.717) is 18.8 Å². The number of anilines is 1. The van der Waals surface area contributed by atoms with E-state index in [1.54, 1.807) is 11.3 Å². The average Bonchev–Trinajstić information content (AvgIpc) is 3.16. The minimum absolute atomic E-state index is 0.0235. The summed E-state index contributed by atoms with van der Waals surface area (Å²) in [6.45, 7) is 6.65.